The molecule has 0 aromatic heterocycles. The maximum absolute atomic E-state index is 12.4. The third-order valence-corrected chi connectivity index (χ3v) is 4.14. The second kappa shape index (κ2) is 9.33. The zero-order valence-corrected chi connectivity index (χ0v) is 15.1. The Kier molecular flexibility index (Phi) is 7.15. The predicted octanol–water partition coefficient (Wildman–Crippen LogP) is 2.29. The first-order chi connectivity index (χ1) is 12.2. The van der Waals surface area contributed by atoms with E-state index in [1.807, 2.05) is 12.1 Å². The summed E-state index contributed by atoms with van der Waals surface area (Å²) in [5.41, 5.74) is 8.34. The van der Waals surface area contributed by atoms with Gasteiger partial charge in [-0.1, -0.05) is 12.1 Å². The molecule has 2 aromatic rings. The van der Waals surface area contributed by atoms with Crippen LogP contribution in [-0.2, 0) is 11.3 Å². The lowest BCUT2D eigenvalue weighted by Gasteiger charge is -2.26. The summed E-state index contributed by atoms with van der Waals surface area (Å²) in [6.45, 7) is 2.80. The number of nitrogens with two attached hydrogens (primary N) is 1. The highest BCUT2D eigenvalue weighted by Gasteiger charge is 2.18. The van der Waals surface area contributed by atoms with Crippen LogP contribution >= 0.6 is 12.4 Å². The summed E-state index contributed by atoms with van der Waals surface area (Å²) < 4.78 is 5.26. The Morgan fingerprint density at radius 3 is 2.12 bits per heavy atom. The summed E-state index contributed by atoms with van der Waals surface area (Å²) in [6.07, 6.45) is 0. The van der Waals surface area contributed by atoms with Crippen molar-refractivity contribution in [3.05, 3.63) is 65.2 Å². The number of hydrogen-bond acceptors (Lipinski definition) is 4. The normalized spacial score (nSPS) is 13.7. The van der Waals surface area contributed by atoms with E-state index in [-0.39, 0.29) is 24.2 Å². The number of benzene rings is 2. The van der Waals surface area contributed by atoms with Gasteiger partial charge >= 0.3 is 0 Å². The number of nitrogens with one attached hydrogen (secondary N) is 1. The van der Waals surface area contributed by atoms with Crippen molar-refractivity contribution in [2.45, 2.75) is 6.54 Å². The van der Waals surface area contributed by atoms with E-state index in [9.17, 15) is 9.59 Å². The maximum atomic E-state index is 12.4. The number of carbonyl (C=O) groups is 2. The van der Waals surface area contributed by atoms with Crippen LogP contribution in [0.1, 0.15) is 26.3 Å². The van der Waals surface area contributed by atoms with Gasteiger partial charge < -0.3 is 20.7 Å². The van der Waals surface area contributed by atoms with Crippen LogP contribution in [0.5, 0.6) is 0 Å². The third-order valence-electron chi connectivity index (χ3n) is 4.14. The molecule has 7 heteroatoms. The molecule has 6 nitrogen and oxygen atoms in total. The highest BCUT2D eigenvalue weighted by molar-refractivity contribution is 6.04. The van der Waals surface area contributed by atoms with E-state index in [4.69, 9.17) is 10.5 Å². The Morgan fingerprint density at radius 2 is 1.54 bits per heavy atom. The number of ether oxygens (including phenoxy) is 1. The molecule has 0 saturated carbocycles. The monoisotopic (exact) mass is 375 g/mol. The van der Waals surface area contributed by atoms with Crippen LogP contribution in [0.25, 0.3) is 0 Å². The SMILES string of the molecule is Cl.NCc1ccc(C(=O)Nc2ccc(C(=O)N3CCOCC3)cc2)cc1. The molecular weight excluding hydrogens is 354 g/mol. The number of nitrogens with zero attached hydrogens (tertiary/aromatic N) is 1. The van der Waals surface area contributed by atoms with E-state index in [2.05, 4.69) is 5.32 Å². The molecule has 1 aliphatic rings. The zero-order valence-electron chi connectivity index (χ0n) is 14.3. The molecule has 2 amide bonds. The molecule has 0 bridgehead atoms. The average molecular weight is 376 g/mol. The molecule has 26 heavy (non-hydrogen) atoms. The molecule has 3 N–H and O–H groups in total. The molecule has 0 unspecified atom stereocenters. The van der Waals surface area contributed by atoms with Gasteiger partial charge in [0.2, 0.25) is 0 Å². The molecule has 0 radical (unpaired) electrons. The second-order valence-electron chi connectivity index (χ2n) is 5.84. The van der Waals surface area contributed by atoms with Gasteiger partial charge in [-0.05, 0) is 42.0 Å². The highest BCUT2D eigenvalue weighted by Crippen LogP contribution is 2.14. The molecule has 0 spiro atoms. The quantitative estimate of drug-likeness (QED) is 0.858. The van der Waals surface area contributed by atoms with E-state index < -0.39 is 0 Å². The van der Waals surface area contributed by atoms with E-state index >= 15 is 0 Å². The van der Waals surface area contributed by atoms with E-state index in [0.29, 0.717) is 49.7 Å². The van der Waals surface area contributed by atoms with Crippen LogP contribution in [0.15, 0.2) is 48.5 Å². The molecule has 1 aliphatic heterocycles. The van der Waals surface area contributed by atoms with Crippen molar-refractivity contribution < 1.29 is 14.3 Å². The number of hydrogen-bond donors (Lipinski definition) is 2. The Bertz CT molecular complexity index is 742. The first kappa shape index (κ1) is 19.9. The number of morpholine rings is 1. The van der Waals surface area contributed by atoms with Crippen molar-refractivity contribution in [1.29, 1.82) is 0 Å². The maximum Gasteiger partial charge on any atom is 0.255 e. The van der Waals surface area contributed by atoms with E-state index in [1.54, 1.807) is 41.3 Å². The Balaban J connectivity index is 0.00000243. The number of amides is 2. The fourth-order valence-electron chi connectivity index (χ4n) is 2.64. The predicted molar refractivity (Wildman–Crippen MR) is 103 cm³/mol. The average Bonchev–Trinajstić information content (AvgIpc) is 2.68. The minimum Gasteiger partial charge on any atom is -0.378 e. The summed E-state index contributed by atoms with van der Waals surface area (Å²) in [5, 5.41) is 2.83. The standard InChI is InChI=1S/C19H21N3O3.ClH/c20-13-14-1-3-15(4-2-14)18(23)21-17-7-5-16(6-8-17)19(24)22-9-11-25-12-10-22;/h1-8H,9-13,20H2,(H,21,23);1H. The Morgan fingerprint density at radius 1 is 0.962 bits per heavy atom. The molecule has 1 heterocycles. The minimum atomic E-state index is -0.198. The van der Waals surface area contributed by atoms with Crippen LogP contribution in [0.2, 0.25) is 0 Å². The van der Waals surface area contributed by atoms with Gasteiger partial charge in [0.25, 0.3) is 11.8 Å². The van der Waals surface area contributed by atoms with Crippen molar-refractivity contribution in [3.8, 4) is 0 Å². The van der Waals surface area contributed by atoms with Crippen LogP contribution < -0.4 is 11.1 Å². The smallest absolute Gasteiger partial charge is 0.255 e. The first-order valence-electron chi connectivity index (χ1n) is 8.25. The summed E-state index contributed by atoms with van der Waals surface area (Å²) >= 11 is 0. The fourth-order valence-corrected chi connectivity index (χ4v) is 2.64. The molecule has 2 aromatic carbocycles. The lowest BCUT2D eigenvalue weighted by atomic mass is 10.1. The number of anilines is 1. The molecular formula is C19H22ClN3O3. The topological polar surface area (TPSA) is 84.7 Å². The molecule has 138 valence electrons. The number of carbonyl (C=O) groups excluding carboxylic acids is 2. The largest absolute Gasteiger partial charge is 0.378 e. The van der Waals surface area contributed by atoms with Crippen LogP contribution in [-0.4, -0.2) is 43.0 Å². The summed E-state index contributed by atoms with van der Waals surface area (Å²) in [4.78, 5) is 26.4. The molecule has 3 rings (SSSR count). The van der Waals surface area contributed by atoms with Gasteiger partial charge in [-0.2, -0.15) is 0 Å². The zero-order chi connectivity index (χ0) is 17.6. The van der Waals surface area contributed by atoms with Crippen molar-refractivity contribution in [3.63, 3.8) is 0 Å². The van der Waals surface area contributed by atoms with Crippen molar-refractivity contribution in [1.82, 2.24) is 4.90 Å². The first-order valence-corrected chi connectivity index (χ1v) is 8.25. The van der Waals surface area contributed by atoms with Gasteiger partial charge in [0, 0.05) is 36.4 Å². The van der Waals surface area contributed by atoms with Gasteiger partial charge in [-0.15, -0.1) is 12.4 Å². The molecule has 1 saturated heterocycles. The van der Waals surface area contributed by atoms with Crippen LogP contribution in [0.4, 0.5) is 5.69 Å². The number of rotatable bonds is 4. The van der Waals surface area contributed by atoms with Gasteiger partial charge in [0.1, 0.15) is 0 Å². The van der Waals surface area contributed by atoms with E-state index in [1.165, 1.54) is 0 Å². The lowest BCUT2D eigenvalue weighted by Crippen LogP contribution is -2.40. The van der Waals surface area contributed by atoms with Crippen LogP contribution in [0, 0.1) is 0 Å². The number of halogens is 1. The molecule has 0 atom stereocenters. The molecule has 1 fully saturated rings. The van der Waals surface area contributed by atoms with Crippen molar-refractivity contribution in [2.24, 2.45) is 5.73 Å². The van der Waals surface area contributed by atoms with Crippen LogP contribution in [0.3, 0.4) is 0 Å². The Labute approximate surface area is 158 Å². The van der Waals surface area contributed by atoms with Gasteiger partial charge in [-0.3, -0.25) is 9.59 Å². The van der Waals surface area contributed by atoms with Gasteiger partial charge in [0.05, 0.1) is 13.2 Å². The van der Waals surface area contributed by atoms with Gasteiger partial charge in [0.15, 0.2) is 0 Å². The highest BCUT2D eigenvalue weighted by atomic mass is 35.5. The summed E-state index contributed by atoms with van der Waals surface area (Å²) in [7, 11) is 0. The Hall–Kier alpha value is -2.41. The summed E-state index contributed by atoms with van der Waals surface area (Å²) in [6, 6.07) is 14.1. The fraction of sp³-hybridized carbons (Fsp3) is 0.263. The van der Waals surface area contributed by atoms with E-state index in [0.717, 1.165) is 5.56 Å². The van der Waals surface area contributed by atoms with Gasteiger partial charge in [-0.25, -0.2) is 0 Å². The minimum absolute atomic E-state index is 0. The summed E-state index contributed by atoms with van der Waals surface area (Å²) in [5.74, 6) is -0.214. The third kappa shape index (κ3) is 4.82. The second-order valence-corrected chi connectivity index (χ2v) is 5.84. The lowest BCUT2D eigenvalue weighted by molar-refractivity contribution is 0.0303. The van der Waals surface area contributed by atoms with Crippen molar-refractivity contribution >= 4 is 29.9 Å². The van der Waals surface area contributed by atoms with Crippen molar-refractivity contribution in [2.75, 3.05) is 31.6 Å². The molecule has 0 aliphatic carbocycles.